The van der Waals surface area contributed by atoms with Gasteiger partial charge in [0.2, 0.25) is 5.76 Å². The van der Waals surface area contributed by atoms with Crippen LogP contribution in [0, 0.1) is 31.6 Å². The number of rotatable bonds is 4. The van der Waals surface area contributed by atoms with E-state index >= 15 is 0 Å². The molecule has 0 saturated heterocycles. The van der Waals surface area contributed by atoms with Gasteiger partial charge in [-0.05, 0) is 24.1 Å². The number of non-ortho nitro benzene ring substituents is 1. The third-order valence-electron chi connectivity index (χ3n) is 5.21. The highest BCUT2D eigenvalue weighted by Gasteiger charge is 2.40. The van der Waals surface area contributed by atoms with E-state index in [1.54, 1.807) is 30.3 Å². The van der Waals surface area contributed by atoms with Crippen molar-refractivity contribution >= 4 is 11.4 Å². The normalized spacial score (nSPS) is 15.0. The van der Waals surface area contributed by atoms with Gasteiger partial charge in [0.15, 0.2) is 0 Å². The van der Waals surface area contributed by atoms with Crippen LogP contribution in [0.5, 0.6) is 0 Å². The van der Waals surface area contributed by atoms with Crippen molar-refractivity contribution in [2.75, 3.05) is 0 Å². The fourth-order valence-electron chi connectivity index (χ4n) is 3.71. The SMILES string of the molecule is N#Cc1c2c(nn(-c3ccccc3)c1=O)C(O)=C([N+](=O)[O-])C(c1ccc([N+](=O)[O-])cc1)C2. The summed E-state index contributed by atoms with van der Waals surface area (Å²) in [7, 11) is 0. The molecule has 0 spiro atoms. The monoisotopic (exact) mass is 431 g/mol. The molecule has 0 bridgehead atoms. The second-order valence-electron chi connectivity index (χ2n) is 6.96. The Bertz CT molecular complexity index is 1390. The van der Waals surface area contributed by atoms with Crippen LogP contribution in [0.25, 0.3) is 11.4 Å². The van der Waals surface area contributed by atoms with Crippen molar-refractivity contribution in [3.8, 4) is 11.8 Å². The van der Waals surface area contributed by atoms with E-state index in [-0.39, 0.29) is 28.9 Å². The summed E-state index contributed by atoms with van der Waals surface area (Å²) in [6, 6.07) is 15.1. The molecule has 4 rings (SSSR count). The standard InChI is InChI=1S/C21H13N5O6/c22-11-17-16-10-15(12-6-8-14(9-7-12)25(29)30)19(26(31)32)20(27)18(16)23-24(21(17)28)13-4-2-1-3-5-13/h1-9,15,27H,10H2. The molecule has 1 heterocycles. The average Bonchev–Trinajstić information content (AvgIpc) is 2.79. The maximum absolute atomic E-state index is 12.9. The van der Waals surface area contributed by atoms with Gasteiger partial charge >= 0.3 is 0 Å². The molecule has 32 heavy (non-hydrogen) atoms. The van der Waals surface area contributed by atoms with Gasteiger partial charge < -0.3 is 5.11 Å². The van der Waals surface area contributed by atoms with Crippen LogP contribution in [0.4, 0.5) is 5.69 Å². The third-order valence-corrected chi connectivity index (χ3v) is 5.21. The minimum absolute atomic E-state index is 0.0798. The number of nitriles is 1. The molecule has 0 amide bonds. The van der Waals surface area contributed by atoms with Gasteiger partial charge in [-0.1, -0.05) is 30.3 Å². The molecule has 1 unspecified atom stereocenters. The lowest BCUT2D eigenvalue weighted by molar-refractivity contribution is -0.430. The van der Waals surface area contributed by atoms with Gasteiger partial charge in [-0.3, -0.25) is 25.0 Å². The fourth-order valence-corrected chi connectivity index (χ4v) is 3.71. The average molecular weight is 431 g/mol. The molecule has 2 aromatic carbocycles. The number of allylic oxidation sites excluding steroid dienone is 1. The van der Waals surface area contributed by atoms with E-state index in [9.17, 15) is 35.4 Å². The number of hydrogen-bond donors (Lipinski definition) is 1. The second-order valence-corrected chi connectivity index (χ2v) is 6.96. The zero-order valence-electron chi connectivity index (χ0n) is 16.2. The molecular formula is C21H13N5O6. The Kier molecular flexibility index (Phi) is 4.96. The first-order chi connectivity index (χ1) is 15.3. The summed E-state index contributed by atoms with van der Waals surface area (Å²) in [6.07, 6.45) is -0.158. The van der Waals surface area contributed by atoms with E-state index in [1.807, 2.05) is 6.07 Å². The summed E-state index contributed by atoms with van der Waals surface area (Å²) in [4.78, 5) is 34.3. The first-order valence-electron chi connectivity index (χ1n) is 9.27. The Balaban J connectivity index is 1.95. The summed E-state index contributed by atoms with van der Waals surface area (Å²) in [6.45, 7) is 0. The summed E-state index contributed by atoms with van der Waals surface area (Å²) in [5.74, 6) is -1.81. The van der Waals surface area contributed by atoms with E-state index in [0.29, 0.717) is 11.3 Å². The number of para-hydroxylation sites is 1. The first kappa shape index (κ1) is 20.4. The number of nitro groups is 2. The number of nitro benzene ring substituents is 1. The van der Waals surface area contributed by atoms with Gasteiger partial charge in [0.1, 0.15) is 17.3 Å². The Morgan fingerprint density at radius 2 is 1.72 bits per heavy atom. The fraction of sp³-hybridized carbons (Fsp3) is 0.0952. The maximum Gasteiger partial charge on any atom is 0.297 e. The molecule has 0 saturated carbocycles. The summed E-state index contributed by atoms with van der Waals surface area (Å²) < 4.78 is 0.914. The van der Waals surface area contributed by atoms with E-state index in [2.05, 4.69) is 5.10 Å². The van der Waals surface area contributed by atoms with Crippen LogP contribution >= 0.6 is 0 Å². The molecule has 1 atom stereocenters. The van der Waals surface area contributed by atoms with Gasteiger partial charge in [-0.25, -0.2) is 0 Å². The van der Waals surface area contributed by atoms with E-state index in [0.717, 1.165) is 4.68 Å². The molecule has 1 N–H and O–H groups in total. The van der Waals surface area contributed by atoms with Crippen LogP contribution < -0.4 is 5.56 Å². The first-order valence-corrected chi connectivity index (χ1v) is 9.27. The molecule has 0 radical (unpaired) electrons. The molecule has 0 aliphatic heterocycles. The molecule has 0 fully saturated rings. The predicted octanol–water partition coefficient (Wildman–Crippen LogP) is 2.86. The molecule has 158 valence electrons. The number of aliphatic hydroxyl groups is 1. The molecule has 1 aliphatic rings. The van der Waals surface area contributed by atoms with E-state index in [4.69, 9.17) is 0 Å². The van der Waals surface area contributed by atoms with Crippen molar-refractivity contribution in [2.45, 2.75) is 12.3 Å². The minimum Gasteiger partial charge on any atom is -0.501 e. The topological polar surface area (TPSA) is 165 Å². The lowest BCUT2D eigenvalue weighted by Crippen LogP contribution is -2.31. The van der Waals surface area contributed by atoms with Crippen LogP contribution in [-0.2, 0) is 6.42 Å². The number of nitrogens with zero attached hydrogens (tertiary/aromatic N) is 5. The van der Waals surface area contributed by atoms with Gasteiger partial charge in [-0.15, -0.1) is 0 Å². The molecule has 3 aromatic rings. The number of benzene rings is 2. The minimum atomic E-state index is -1.04. The zero-order valence-corrected chi connectivity index (χ0v) is 16.2. The van der Waals surface area contributed by atoms with Crippen LogP contribution in [0.15, 0.2) is 65.1 Å². The largest absolute Gasteiger partial charge is 0.501 e. The third kappa shape index (κ3) is 3.25. The van der Waals surface area contributed by atoms with Gasteiger partial charge in [-0.2, -0.15) is 15.0 Å². The Hall–Kier alpha value is -4.85. The van der Waals surface area contributed by atoms with Crippen LogP contribution in [0.1, 0.15) is 28.3 Å². The lowest BCUT2D eigenvalue weighted by Gasteiger charge is -2.23. The number of aliphatic hydroxyl groups excluding tert-OH is 1. The van der Waals surface area contributed by atoms with Crippen LogP contribution in [0.2, 0.25) is 0 Å². The summed E-state index contributed by atoms with van der Waals surface area (Å²) in [5.41, 5.74) is -1.30. The second kappa shape index (κ2) is 7.77. The smallest absolute Gasteiger partial charge is 0.297 e. The highest BCUT2D eigenvalue weighted by Crippen LogP contribution is 2.39. The molecule has 11 nitrogen and oxygen atoms in total. The van der Waals surface area contributed by atoms with Crippen molar-refractivity contribution in [3.05, 3.63) is 113 Å². The van der Waals surface area contributed by atoms with Crippen molar-refractivity contribution in [3.63, 3.8) is 0 Å². The Morgan fingerprint density at radius 3 is 2.28 bits per heavy atom. The molecule has 11 heteroatoms. The van der Waals surface area contributed by atoms with Gasteiger partial charge in [0.05, 0.1) is 21.5 Å². The summed E-state index contributed by atoms with van der Waals surface area (Å²) in [5, 5.41) is 47.3. The number of aromatic nitrogens is 2. The summed E-state index contributed by atoms with van der Waals surface area (Å²) >= 11 is 0. The maximum atomic E-state index is 12.9. The number of fused-ring (bicyclic) bond motifs is 1. The predicted molar refractivity (Wildman–Crippen MR) is 111 cm³/mol. The van der Waals surface area contributed by atoms with Crippen molar-refractivity contribution in [1.82, 2.24) is 9.78 Å². The van der Waals surface area contributed by atoms with E-state index < -0.39 is 32.8 Å². The zero-order chi connectivity index (χ0) is 23.0. The Labute approximate surface area is 179 Å². The van der Waals surface area contributed by atoms with Crippen LogP contribution in [0.3, 0.4) is 0 Å². The number of hydrogen-bond acceptors (Lipinski definition) is 8. The highest BCUT2D eigenvalue weighted by molar-refractivity contribution is 5.67. The van der Waals surface area contributed by atoms with Crippen LogP contribution in [-0.4, -0.2) is 24.7 Å². The Morgan fingerprint density at radius 1 is 1.06 bits per heavy atom. The lowest BCUT2D eigenvalue weighted by atomic mass is 9.82. The van der Waals surface area contributed by atoms with Crippen molar-refractivity contribution < 1.29 is 15.0 Å². The molecule has 1 aliphatic carbocycles. The quantitative estimate of drug-likeness (QED) is 0.486. The van der Waals surface area contributed by atoms with Crippen molar-refractivity contribution in [1.29, 1.82) is 5.26 Å². The molecular weight excluding hydrogens is 418 g/mol. The van der Waals surface area contributed by atoms with E-state index in [1.165, 1.54) is 24.3 Å². The van der Waals surface area contributed by atoms with Gasteiger partial charge in [0, 0.05) is 17.7 Å². The van der Waals surface area contributed by atoms with Crippen molar-refractivity contribution in [2.24, 2.45) is 0 Å². The van der Waals surface area contributed by atoms with Gasteiger partial charge in [0.25, 0.3) is 16.9 Å². The highest BCUT2D eigenvalue weighted by atomic mass is 16.6. The molecule has 1 aromatic heterocycles.